The summed E-state index contributed by atoms with van der Waals surface area (Å²) in [7, 11) is 0. The first-order valence-electron chi connectivity index (χ1n) is 8.02. The van der Waals surface area contributed by atoms with Crippen LogP contribution >= 0.6 is 11.6 Å². The molecule has 1 atom stereocenters. The molecule has 2 N–H and O–H groups in total. The molecule has 3 aromatic rings. The fourth-order valence-corrected chi connectivity index (χ4v) is 3.51. The molecule has 0 unspecified atom stereocenters. The molecule has 1 aliphatic rings. The Hall–Kier alpha value is -3.00. The number of likely N-dealkylation sites (tertiary alicyclic amines) is 1. The zero-order chi connectivity index (χ0) is 18.4. The van der Waals surface area contributed by atoms with Crippen LogP contribution in [-0.4, -0.2) is 48.4 Å². The summed E-state index contributed by atoms with van der Waals surface area (Å²) in [6.45, 7) is 0.602. The van der Waals surface area contributed by atoms with E-state index in [1.807, 2.05) is 0 Å². The second kappa shape index (κ2) is 6.06. The molecule has 2 aromatic heterocycles. The van der Waals surface area contributed by atoms with E-state index in [1.165, 1.54) is 26.2 Å². The maximum atomic E-state index is 13.2. The minimum Gasteiger partial charge on any atom is -0.506 e. The quantitative estimate of drug-likeness (QED) is 0.717. The Morgan fingerprint density at radius 1 is 1.31 bits per heavy atom. The van der Waals surface area contributed by atoms with Crippen LogP contribution in [0.1, 0.15) is 12.5 Å². The van der Waals surface area contributed by atoms with Gasteiger partial charge in [-0.25, -0.2) is 14.6 Å². The van der Waals surface area contributed by atoms with E-state index in [0.717, 1.165) is 0 Å². The molecule has 0 aliphatic carbocycles. The van der Waals surface area contributed by atoms with Gasteiger partial charge in [0.15, 0.2) is 5.65 Å². The van der Waals surface area contributed by atoms with E-state index in [0.29, 0.717) is 29.8 Å². The Labute approximate surface area is 152 Å². The smallest absolute Gasteiger partial charge is 0.407 e. The average molecular weight is 375 g/mol. The first-order chi connectivity index (χ1) is 12.5. The number of hydrogen-bond donors (Lipinski definition) is 2. The third-order valence-corrected chi connectivity index (χ3v) is 4.94. The molecule has 1 fully saturated rings. The fraction of sp³-hybridized carbons (Fsp3) is 0.235. The highest BCUT2D eigenvalue weighted by molar-refractivity contribution is 6.32. The summed E-state index contributed by atoms with van der Waals surface area (Å²) < 4.78 is 2.98. The molecule has 0 radical (unpaired) electrons. The van der Waals surface area contributed by atoms with Gasteiger partial charge in [0, 0.05) is 25.4 Å². The van der Waals surface area contributed by atoms with Crippen LogP contribution in [-0.2, 0) is 0 Å². The second-order valence-electron chi connectivity index (χ2n) is 6.14. The molecule has 1 aliphatic heterocycles. The number of phenols is 1. The molecule has 0 spiro atoms. The number of amides is 1. The number of halogens is 1. The molecular formula is C17H15ClN4O4. The van der Waals surface area contributed by atoms with Gasteiger partial charge < -0.3 is 15.1 Å². The molecule has 1 amide bonds. The zero-order valence-corrected chi connectivity index (χ0v) is 14.3. The van der Waals surface area contributed by atoms with Crippen LogP contribution in [0.3, 0.4) is 0 Å². The minimum absolute atomic E-state index is 0.126. The number of pyridine rings is 1. The van der Waals surface area contributed by atoms with Gasteiger partial charge in [-0.15, -0.1) is 0 Å². The lowest BCUT2D eigenvalue weighted by Crippen LogP contribution is -2.31. The molecule has 0 bridgehead atoms. The molecular weight excluding hydrogens is 360 g/mol. The van der Waals surface area contributed by atoms with Crippen LogP contribution in [0.5, 0.6) is 5.75 Å². The molecule has 3 heterocycles. The zero-order valence-electron chi connectivity index (χ0n) is 13.5. The Morgan fingerprint density at radius 2 is 2.12 bits per heavy atom. The largest absolute Gasteiger partial charge is 0.506 e. The molecule has 4 rings (SSSR count). The second-order valence-corrected chi connectivity index (χ2v) is 6.55. The average Bonchev–Trinajstić information content (AvgIpc) is 3.19. The maximum Gasteiger partial charge on any atom is 0.407 e. The highest BCUT2D eigenvalue weighted by Gasteiger charge is 2.31. The van der Waals surface area contributed by atoms with Gasteiger partial charge in [0.05, 0.1) is 22.3 Å². The number of nitrogens with zero attached hydrogens (tertiary/aromatic N) is 4. The van der Waals surface area contributed by atoms with Crippen LogP contribution < -0.4 is 5.69 Å². The van der Waals surface area contributed by atoms with Crippen molar-refractivity contribution < 1.29 is 15.0 Å². The lowest BCUT2D eigenvalue weighted by molar-refractivity contribution is 0.154. The lowest BCUT2D eigenvalue weighted by atomic mass is 10.2. The van der Waals surface area contributed by atoms with Crippen molar-refractivity contribution >= 4 is 28.9 Å². The minimum atomic E-state index is -1.00. The number of carboxylic acid groups (broad SMARTS) is 1. The molecule has 134 valence electrons. The number of benzene rings is 1. The third kappa shape index (κ3) is 2.50. The molecule has 1 saturated heterocycles. The summed E-state index contributed by atoms with van der Waals surface area (Å²) in [6, 6.07) is 7.75. The lowest BCUT2D eigenvalue weighted by Gasteiger charge is -2.13. The van der Waals surface area contributed by atoms with Gasteiger partial charge in [0.25, 0.3) is 0 Å². The van der Waals surface area contributed by atoms with Crippen molar-refractivity contribution in [1.82, 2.24) is 19.0 Å². The molecule has 26 heavy (non-hydrogen) atoms. The van der Waals surface area contributed by atoms with E-state index < -0.39 is 6.09 Å². The standard InChI is InChI=1S/C17H15ClN4O4/c18-12-4-3-10(8-14(12)23)21-13-2-1-6-19-15(13)22(16(21)24)11-5-7-20(9-11)17(25)26/h1-4,6,8,11,23H,5,7,9H2,(H,25,26)/t11-/m0/s1. The van der Waals surface area contributed by atoms with Crippen LogP contribution in [0.25, 0.3) is 16.9 Å². The number of rotatable bonds is 2. The first kappa shape index (κ1) is 16.5. The Morgan fingerprint density at radius 3 is 2.81 bits per heavy atom. The van der Waals surface area contributed by atoms with Gasteiger partial charge in [-0.1, -0.05) is 11.6 Å². The van der Waals surface area contributed by atoms with Crippen molar-refractivity contribution in [3.8, 4) is 11.4 Å². The summed E-state index contributed by atoms with van der Waals surface area (Å²) in [6.07, 6.45) is 1.12. The highest BCUT2D eigenvalue weighted by atomic mass is 35.5. The van der Waals surface area contributed by atoms with Crippen molar-refractivity contribution in [2.45, 2.75) is 12.5 Å². The Balaban J connectivity index is 1.91. The van der Waals surface area contributed by atoms with E-state index in [2.05, 4.69) is 4.98 Å². The number of aromatic hydroxyl groups is 1. The van der Waals surface area contributed by atoms with E-state index in [9.17, 15) is 19.8 Å². The van der Waals surface area contributed by atoms with Crippen molar-refractivity contribution in [1.29, 1.82) is 0 Å². The molecule has 1 aromatic carbocycles. The van der Waals surface area contributed by atoms with Gasteiger partial charge in [-0.2, -0.15) is 0 Å². The van der Waals surface area contributed by atoms with Crippen LogP contribution in [0, 0.1) is 0 Å². The van der Waals surface area contributed by atoms with Crippen molar-refractivity contribution in [2.75, 3.05) is 13.1 Å². The van der Waals surface area contributed by atoms with Gasteiger partial charge >= 0.3 is 11.8 Å². The summed E-state index contributed by atoms with van der Waals surface area (Å²) in [4.78, 5) is 30.0. The maximum absolute atomic E-state index is 13.2. The summed E-state index contributed by atoms with van der Waals surface area (Å²) in [5, 5.41) is 19.3. The predicted molar refractivity (Wildman–Crippen MR) is 95.3 cm³/mol. The van der Waals surface area contributed by atoms with Crippen LogP contribution in [0.2, 0.25) is 5.02 Å². The molecule has 9 heteroatoms. The predicted octanol–water partition coefficient (Wildman–Crippen LogP) is 2.47. The fourth-order valence-electron chi connectivity index (χ4n) is 3.40. The normalized spacial score (nSPS) is 17.1. The van der Waals surface area contributed by atoms with E-state index in [4.69, 9.17) is 11.6 Å². The number of phenolic OH excluding ortho intramolecular Hbond substituents is 1. The number of aromatic nitrogens is 3. The number of fused-ring (bicyclic) bond motifs is 1. The van der Waals surface area contributed by atoms with E-state index in [-0.39, 0.29) is 29.0 Å². The van der Waals surface area contributed by atoms with Gasteiger partial charge in [0.1, 0.15) is 5.75 Å². The van der Waals surface area contributed by atoms with E-state index in [1.54, 1.807) is 24.4 Å². The van der Waals surface area contributed by atoms with E-state index >= 15 is 0 Å². The van der Waals surface area contributed by atoms with Gasteiger partial charge in [-0.3, -0.25) is 9.13 Å². The Kier molecular flexibility index (Phi) is 3.84. The summed E-state index contributed by atoms with van der Waals surface area (Å²) in [5.41, 5.74) is 1.18. The third-order valence-electron chi connectivity index (χ3n) is 4.62. The molecule has 8 nitrogen and oxygen atoms in total. The highest BCUT2D eigenvalue weighted by Crippen LogP contribution is 2.28. The monoisotopic (exact) mass is 374 g/mol. The number of hydrogen-bond acceptors (Lipinski definition) is 4. The number of carbonyl (C=O) groups is 1. The van der Waals surface area contributed by atoms with Crippen molar-refractivity contribution in [3.05, 3.63) is 52.0 Å². The van der Waals surface area contributed by atoms with Crippen molar-refractivity contribution in [3.63, 3.8) is 0 Å². The first-order valence-corrected chi connectivity index (χ1v) is 8.40. The Bertz CT molecular complexity index is 1070. The number of imidazole rings is 1. The summed E-state index contributed by atoms with van der Waals surface area (Å²) >= 11 is 5.86. The van der Waals surface area contributed by atoms with Crippen LogP contribution in [0.15, 0.2) is 41.3 Å². The van der Waals surface area contributed by atoms with Crippen LogP contribution in [0.4, 0.5) is 4.79 Å². The van der Waals surface area contributed by atoms with Gasteiger partial charge in [-0.05, 0) is 30.7 Å². The topological polar surface area (TPSA) is 101 Å². The summed E-state index contributed by atoms with van der Waals surface area (Å²) in [5.74, 6) is -0.126. The SMILES string of the molecule is O=C(O)N1CC[C@H](n2c(=O)n(-c3ccc(Cl)c(O)c3)c3cccnc32)C1. The van der Waals surface area contributed by atoms with Gasteiger partial charge in [0.2, 0.25) is 0 Å². The van der Waals surface area contributed by atoms with Crippen molar-refractivity contribution in [2.24, 2.45) is 0 Å². The molecule has 0 saturated carbocycles.